The van der Waals surface area contributed by atoms with Gasteiger partial charge in [0.1, 0.15) is 0 Å². The Morgan fingerprint density at radius 1 is 1.05 bits per heavy atom. The van der Waals surface area contributed by atoms with Gasteiger partial charge in [0, 0.05) is 38.9 Å². The van der Waals surface area contributed by atoms with Crippen LogP contribution in [0.4, 0.5) is 0 Å². The highest BCUT2D eigenvalue weighted by atomic mass is 15.0. The molecule has 2 heterocycles. The summed E-state index contributed by atoms with van der Waals surface area (Å²) in [6.45, 7) is 5.83. The Morgan fingerprint density at radius 2 is 1.58 bits per heavy atom. The summed E-state index contributed by atoms with van der Waals surface area (Å²) in [5, 5.41) is 2.62. The molecule has 0 bridgehead atoms. The lowest BCUT2D eigenvalue weighted by Gasteiger charge is -1.81. The van der Waals surface area contributed by atoms with Crippen molar-refractivity contribution in [2.24, 2.45) is 14.1 Å². The summed E-state index contributed by atoms with van der Waals surface area (Å²) in [6.07, 6.45) is 9.63. The van der Waals surface area contributed by atoms with Crippen molar-refractivity contribution in [2.45, 2.75) is 0 Å². The second kappa shape index (κ2) is 7.72. The molecule has 0 spiro atoms. The van der Waals surface area contributed by atoms with E-state index in [1.54, 1.807) is 12.5 Å². The predicted molar refractivity (Wildman–Crippen MR) is 78.7 cm³/mol. The average molecular weight is 254 g/mol. The molecule has 3 aromatic rings. The third kappa shape index (κ3) is 5.09. The van der Waals surface area contributed by atoms with E-state index < -0.39 is 0 Å². The van der Waals surface area contributed by atoms with Crippen LogP contribution in [0.1, 0.15) is 0 Å². The Labute approximate surface area is 113 Å². The first-order valence-corrected chi connectivity index (χ1v) is 5.85. The lowest BCUT2D eigenvalue weighted by molar-refractivity contribution is 0.913. The van der Waals surface area contributed by atoms with Gasteiger partial charge in [-0.15, -0.1) is 0 Å². The third-order valence-electron chi connectivity index (χ3n) is 2.32. The van der Waals surface area contributed by atoms with Crippen LogP contribution in [0.3, 0.4) is 0 Å². The number of aromatic nitrogens is 3. The molecule has 0 amide bonds. The maximum absolute atomic E-state index is 5.83. The Hall–Kier alpha value is -2.54. The number of hydrogen-bond acceptors (Lipinski definition) is 1. The van der Waals surface area contributed by atoms with Crippen LogP contribution in [0.15, 0.2) is 55.4 Å². The number of nitrogens with zero attached hydrogens (tertiary/aromatic N) is 4. The van der Waals surface area contributed by atoms with Gasteiger partial charge in [0.2, 0.25) is 7.05 Å². The van der Waals surface area contributed by atoms with Crippen molar-refractivity contribution >= 4 is 10.8 Å². The first kappa shape index (κ1) is 14.5. The van der Waals surface area contributed by atoms with Crippen LogP contribution >= 0.6 is 0 Å². The van der Waals surface area contributed by atoms with Gasteiger partial charge in [-0.2, -0.15) is 0 Å². The molecule has 0 aliphatic rings. The van der Waals surface area contributed by atoms with E-state index in [0.29, 0.717) is 0 Å². The zero-order chi connectivity index (χ0) is 14.1. The third-order valence-corrected chi connectivity index (χ3v) is 2.32. The van der Waals surface area contributed by atoms with Gasteiger partial charge >= 0.3 is 0 Å². The summed E-state index contributed by atoms with van der Waals surface area (Å²) in [7, 11) is 5.40. The SMILES string of the molecule is Cn1cc2ccccc2c1.Cn1ccnc1.[C-]#[N+]C. The summed E-state index contributed by atoms with van der Waals surface area (Å²) >= 11 is 0. The Morgan fingerprint density at radius 3 is 1.89 bits per heavy atom. The van der Waals surface area contributed by atoms with Crippen LogP contribution < -0.4 is 0 Å². The molecular weight excluding hydrogens is 236 g/mol. The van der Waals surface area contributed by atoms with Gasteiger partial charge < -0.3 is 14.0 Å². The quantitative estimate of drug-likeness (QED) is 0.566. The van der Waals surface area contributed by atoms with Crippen LogP contribution in [0.5, 0.6) is 0 Å². The second-order valence-electron chi connectivity index (χ2n) is 4.00. The number of imidazole rings is 1. The summed E-state index contributed by atoms with van der Waals surface area (Å²) in [6, 6.07) is 8.36. The number of fused-ring (bicyclic) bond motifs is 1. The molecule has 0 saturated carbocycles. The van der Waals surface area contributed by atoms with Crippen LogP contribution in [0, 0.1) is 6.57 Å². The Balaban J connectivity index is 0.000000172. The summed E-state index contributed by atoms with van der Waals surface area (Å²) in [5.74, 6) is 0. The number of benzene rings is 1. The van der Waals surface area contributed by atoms with Crippen molar-refractivity contribution < 1.29 is 0 Å². The van der Waals surface area contributed by atoms with Crippen molar-refractivity contribution in [3.63, 3.8) is 0 Å². The maximum atomic E-state index is 5.83. The zero-order valence-corrected chi connectivity index (χ0v) is 11.5. The highest BCUT2D eigenvalue weighted by Crippen LogP contribution is 2.12. The molecule has 19 heavy (non-hydrogen) atoms. The summed E-state index contributed by atoms with van der Waals surface area (Å²) < 4.78 is 3.96. The van der Waals surface area contributed by atoms with Crippen LogP contribution in [0.25, 0.3) is 15.6 Å². The van der Waals surface area contributed by atoms with Gasteiger partial charge in [-0.1, -0.05) is 24.3 Å². The van der Waals surface area contributed by atoms with E-state index in [-0.39, 0.29) is 0 Å². The Bertz CT molecular complexity index is 597. The highest BCUT2D eigenvalue weighted by Gasteiger charge is 1.91. The van der Waals surface area contributed by atoms with Crippen LogP contribution in [-0.2, 0) is 14.1 Å². The topological polar surface area (TPSA) is 27.1 Å². The fraction of sp³-hybridized carbons (Fsp3) is 0.200. The minimum Gasteiger partial charge on any atom is -0.356 e. The van der Waals surface area contributed by atoms with E-state index >= 15 is 0 Å². The van der Waals surface area contributed by atoms with Crippen LogP contribution in [0.2, 0.25) is 0 Å². The maximum Gasteiger partial charge on any atom is 0.205 e. The average Bonchev–Trinajstić information content (AvgIpc) is 2.98. The highest BCUT2D eigenvalue weighted by molar-refractivity contribution is 5.81. The first-order valence-electron chi connectivity index (χ1n) is 5.85. The molecule has 0 fully saturated rings. The van der Waals surface area contributed by atoms with Gasteiger partial charge in [-0.05, 0) is 10.8 Å². The largest absolute Gasteiger partial charge is 0.356 e. The lowest BCUT2D eigenvalue weighted by atomic mass is 10.2. The molecule has 0 atom stereocenters. The lowest BCUT2D eigenvalue weighted by Crippen LogP contribution is -1.76. The molecule has 4 heteroatoms. The molecule has 0 radical (unpaired) electrons. The smallest absolute Gasteiger partial charge is 0.205 e. The standard InChI is InChI=1S/C9H9N.C4H6N2.C2H3N/c1-10-6-8-4-2-3-5-9(8)7-10;1-6-3-2-5-4-6;1-3-2/h2-7H,1H3;2-4H,1H3;1H3. The number of hydrogen-bond donors (Lipinski definition) is 0. The molecule has 1 aromatic carbocycles. The van der Waals surface area contributed by atoms with E-state index in [1.165, 1.54) is 17.8 Å². The van der Waals surface area contributed by atoms with E-state index in [9.17, 15) is 0 Å². The minimum absolute atomic E-state index is 1.31. The summed E-state index contributed by atoms with van der Waals surface area (Å²) in [4.78, 5) is 6.53. The zero-order valence-electron chi connectivity index (χ0n) is 11.5. The van der Waals surface area contributed by atoms with Gasteiger partial charge in [0.15, 0.2) is 0 Å². The molecule has 0 unspecified atom stereocenters. The van der Waals surface area contributed by atoms with Gasteiger partial charge in [-0.3, -0.25) is 0 Å². The fourth-order valence-electron chi connectivity index (χ4n) is 1.55. The first-order chi connectivity index (χ1) is 9.17. The normalized spacial score (nSPS) is 8.74. The molecule has 0 saturated heterocycles. The van der Waals surface area contributed by atoms with E-state index in [0.717, 1.165) is 0 Å². The van der Waals surface area contributed by atoms with Crippen molar-refractivity contribution in [3.8, 4) is 0 Å². The van der Waals surface area contributed by atoms with Gasteiger partial charge in [0.05, 0.1) is 6.33 Å². The van der Waals surface area contributed by atoms with Crippen molar-refractivity contribution in [1.29, 1.82) is 0 Å². The number of rotatable bonds is 0. The predicted octanol–water partition coefficient (Wildman–Crippen LogP) is 3.13. The van der Waals surface area contributed by atoms with Crippen molar-refractivity contribution in [2.75, 3.05) is 7.05 Å². The van der Waals surface area contributed by atoms with Gasteiger partial charge in [0.25, 0.3) is 0 Å². The molecular formula is C15H18N4. The van der Waals surface area contributed by atoms with Crippen molar-refractivity contribution in [1.82, 2.24) is 14.1 Å². The summed E-state index contributed by atoms with van der Waals surface area (Å²) in [5.41, 5.74) is 0. The minimum atomic E-state index is 1.31. The molecule has 2 aromatic heterocycles. The molecule has 4 nitrogen and oxygen atoms in total. The monoisotopic (exact) mass is 254 g/mol. The molecule has 0 aliphatic carbocycles. The van der Waals surface area contributed by atoms with Crippen LogP contribution in [-0.4, -0.2) is 21.2 Å². The van der Waals surface area contributed by atoms with Crippen molar-refractivity contribution in [3.05, 3.63) is 66.8 Å². The van der Waals surface area contributed by atoms with E-state index in [4.69, 9.17) is 6.57 Å². The molecule has 0 aliphatic heterocycles. The van der Waals surface area contributed by atoms with E-state index in [2.05, 4.69) is 51.1 Å². The second-order valence-corrected chi connectivity index (χ2v) is 4.00. The Kier molecular flexibility index (Phi) is 5.90. The molecule has 0 N–H and O–H groups in total. The fourth-order valence-corrected chi connectivity index (χ4v) is 1.55. The van der Waals surface area contributed by atoms with Gasteiger partial charge in [-0.25, -0.2) is 11.6 Å². The van der Waals surface area contributed by atoms with E-state index in [1.807, 2.05) is 24.9 Å². The number of aryl methyl sites for hydroxylation is 2. The molecule has 3 rings (SSSR count). The molecule has 98 valence electrons.